The van der Waals surface area contributed by atoms with Crippen LogP contribution in [-0.4, -0.2) is 59.4 Å². The molecule has 10 heteroatoms. The van der Waals surface area contributed by atoms with Gasteiger partial charge in [-0.2, -0.15) is 0 Å². The molecule has 0 aromatic heterocycles. The number of rotatable bonds is 6. The molecule has 2 N–H and O–H groups in total. The molecule has 3 rings (SSSR count). The summed E-state index contributed by atoms with van der Waals surface area (Å²) in [7, 11) is 2.88. The molecule has 2 atom stereocenters. The van der Waals surface area contributed by atoms with Gasteiger partial charge in [-0.25, -0.2) is 9.59 Å². The second-order valence-corrected chi connectivity index (χ2v) is 9.16. The van der Waals surface area contributed by atoms with Crippen molar-refractivity contribution in [2.45, 2.75) is 44.1 Å². The Labute approximate surface area is 184 Å². The highest BCUT2D eigenvalue weighted by Gasteiger charge is 2.64. The smallest absolute Gasteiger partial charge is 0.356 e. The molecule has 1 fully saturated rings. The molecule has 0 aliphatic carbocycles. The number of ether oxygens (including phenoxy) is 4. The van der Waals surface area contributed by atoms with Crippen LogP contribution in [0.1, 0.15) is 26.3 Å². The monoisotopic (exact) mass is 450 g/mol. The Bertz CT molecular complexity index is 923. The Kier molecular flexibility index (Phi) is 6.35. The van der Waals surface area contributed by atoms with E-state index < -0.39 is 34.5 Å². The maximum atomic E-state index is 12.9. The fourth-order valence-corrected chi connectivity index (χ4v) is 4.54. The van der Waals surface area contributed by atoms with Crippen LogP contribution in [0.15, 0.2) is 35.5 Å². The second kappa shape index (κ2) is 8.52. The lowest BCUT2D eigenvalue weighted by Crippen LogP contribution is -2.79. The minimum Gasteiger partial charge on any atom is -0.497 e. The van der Waals surface area contributed by atoms with Gasteiger partial charge in [0.25, 0.3) is 5.91 Å². The van der Waals surface area contributed by atoms with Gasteiger partial charge >= 0.3 is 11.9 Å². The molecule has 0 radical (unpaired) electrons. The number of carbonyl (C=O) groups excluding carboxylic acids is 3. The SMILES string of the molecule is COc1ccc(COC(=O)C2=C(C(=O)OC(C)(C)C)N3C(=O)C(N)(OC)[C@H]3SC2)cc1. The average Bonchev–Trinajstić information content (AvgIpc) is 2.74. The molecular formula is C21H26N2O7S. The minimum absolute atomic E-state index is 0.00509. The third kappa shape index (κ3) is 4.41. The third-order valence-electron chi connectivity index (χ3n) is 4.77. The van der Waals surface area contributed by atoms with Crippen LogP contribution in [0.4, 0.5) is 0 Å². The molecule has 0 saturated carbocycles. The van der Waals surface area contributed by atoms with Gasteiger partial charge in [0.15, 0.2) is 0 Å². The van der Waals surface area contributed by atoms with Gasteiger partial charge in [0, 0.05) is 12.9 Å². The normalized spacial score (nSPS) is 23.1. The quantitative estimate of drug-likeness (QED) is 0.391. The van der Waals surface area contributed by atoms with Gasteiger partial charge in [-0.15, -0.1) is 11.8 Å². The van der Waals surface area contributed by atoms with E-state index in [1.807, 2.05) is 0 Å². The molecule has 31 heavy (non-hydrogen) atoms. The predicted octanol–water partition coefficient (Wildman–Crippen LogP) is 1.55. The summed E-state index contributed by atoms with van der Waals surface area (Å²) < 4.78 is 21.1. The largest absolute Gasteiger partial charge is 0.497 e. The van der Waals surface area contributed by atoms with E-state index in [-0.39, 0.29) is 23.6 Å². The van der Waals surface area contributed by atoms with Gasteiger partial charge in [0.05, 0.1) is 12.7 Å². The number of hydrogen-bond acceptors (Lipinski definition) is 9. The van der Waals surface area contributed by atoms with Crippen LogP contribution in [0.2, 0.25) is 0 Å². The highest BCUT2D eigenvalue weighted by molar-refractivity contribution is 8.00. The Hall–Kier alpha value is -2.56. The van der Waals surface area contributed by atoms with Crippen molar-refractivity contribution in [3.05, 3.63) is 41.1 Å². The Morgan fingerprint density at radius 3 is 2.39 bits per heavy atom. The molecule has 168 valence electrons. The molecule has 1 aromatic carbocycles. The number of fused-ring (bicyclic) bond motifs is 1. The lowest BCUT2D eigenvalue weighted by Gasteiger charge is -2.54. The Morgan fingerprint density at radius 2 is 1.84 bits per heavy atom. The summed E-state index contributed by atoms with van der Waals surface area (Å²) >= 11 is 1.22. The first-order valence-electron chi connectivity index (χ1n) is 9.57. The zero-order valence-corrected chi connectivity index (χ0v) is 18.9. The van der Waals surface area contributed by atoms with Crippen LogP contribution >= 0.6 is 11.8 Å². The van der Waals surface area contributed by atoms with Crippen molar-refractivity contribution >= 4 is 29.6 Å². The molecule has 1 aromatic rings. The number of nitrogens with two attached hydrogens (primary N) is 1. The van der Waals surface area contributed by atoms with E-state index in [1.54, 1.807) is 52.1 Å². The number of hydrogen-bond donors (Lipinski definition) is 1. The van der Waals surface area contributed by atoms with E-state index in [4.69, 9.17) is 24.7 Å². The maximum absolute atomic E-state index is 12.9. The standard InChI is InChI=1S/C21H26N2O7S/c1-20(2,3)30-17(25)15-14(11-31-19-21(22,28-5)18(26)23(15)19)16(24)29-10-12-6-8-13(27-4)9-7-12/h6-9,19H,10-11,22H2,1-5H3/t19-,21?/m1/s1. The first-order valence-corrected chi connectivity index (χ1v) is 10.6. The van der Waals surface area contributed by atoms with E-state index in [2.05, 4.69) is 0 Å². The van der Waals surface area contributed by atoms with Crippen molar-refractivity contribution in [2.75, 3.05) is 20.0 Å². The highest BCUT2D eigenvalue weighted by Crippen LogP contribution is 2.46. The number of esters is 2. The molecule has 0 bridgehead atoms. The summed E-state index contributed by atoms with van der Waals surface area (Å²) in [6.07, 6.45) is 0. The number of thioether (sulfide) groups is 1. The van der Waals surface area contributed by atoms with Gasteiger partial charge in [0.2, 0.25) is 5.72 Å². The summed E-state index contributed by atoms with van der Waals surface area (Å²) in [5, 5.41) is -0.648. The van der Waals surface area contributed by atoms with Crippen molar-refractivity contribution in [3.63, 3.8) is 0 Å². The van der Waals surface area contributed by atoms with Gasteiger partial charge in [-0.1, -0.05) is 12.1 Å². The van der Waals surface area contributed by atoms with Crippen molar-refractivity contribution in [3.8, 4) is 5.75 Å². The van der Waals surface area contributed by atoms with E-state index in [1.165, 1.54) is 18.9 Å². The van der Waals surface area contributed by atoms with Crippen molar-refractivity contribution in [1.29, 1.82) is 0 Å². The minimum atomic E-state index is -1.56. The van der Waals surface area contributed by atoms with Crippen molar-refractivity contribution < 1.29 is 33.3 Å². The molecule has 1 saturated heterocycles. The summed E-state index contributed by atoms with van der Waals surface area (Å²) in [6, 6.07) is 7.03. The van der Waals surface area contributed by atoms with Crippen LogP contribution in [0.3, 0.4) is 0 Å². The summed E-state index contributed by atoms with van der Waals surface area (Å²) in [5.41, 5.74) is 4.30. The van der Waals surface area contributed by atoms with Crippen molar-refractivity contribution in [2.24, 2.45) is 5.73 Å². The van der Waals surface area contributed by atoms with Crippen LogP contribution in [0, 0.1) is 0 Å². The zero-order valence-electron chi connectivity index (χ0n) is 18.1. The average molecular weight is 451 g/mol. The molecule has 2 heterocycles. The molecule has 1 unspecified atom stereocenters. The Morgan fingerprint density at radius 1 is 1.19 bits per heavy atom. The zero-order chi connectivity index (χ0) is 23.0. The van der Waals surface area contributed by atoms with Crippen LogP contribution < -0.4 is 10.5 Å². The molecule has 0 spiro atoms. The fraction of sp³-hybridized carbons (Fsp3) is 0.476. The molecule has 1 amide bonds. The highest BCUT2D eigenvalue weighted by atomic mass is 32.2. The van der Waals surface area contributed by atoms with E-state index in [0.29, 0.717) is 5.75 Å². The number of benzene rings is 1. The van der Waals surface area contributed by atoms with Gasteiger partial charge in [-0.3, -0.25) is 15.4 Å². The van der Waals surface area contributed by atoms with E-state index in [9.17, 15) is 14.4 Å². The number of nitrogens with zero attached hydrogens (tertiary/aromatic N) is 1. The lowest BCUT2D eigenvalue weighted by atomic mass is 9.99. The van der Waals surface area contributed by atoms with E-state index >= 15 is 0 Å². The number of methoxy groups -OCH3 is 2. The predicted molar refractivity (Wildman–Crippen MR) is 113 cm³/mol. The molecular weight excluding hydrogens is 424 g/mol. The fourth-order valence-electron chi connectivity index (χ4n) is 3.17. The molecule has 9 nitrogen and oxygen atoms in total. The summed E-state index contributed by atoms with van der Waals surface area (Å²) in [5.74, 6) is -1.32. The third-order valence-corrected chi connectivity index (χ3v) is 6.10. The summed E-state index contributed by atoms with van der Waals surface area (Å²) in [6.45, 7) is 5.09. The number of β-lactam (4-membered cyclic amide) rings is 1. The first kappa shape index (κ1) is 23.1. The number of amides is 1. The van der Waals surface area contributed by atoms with Crippen LogP contribution in [-0.2, 0) is 35.2 Å². The molecule has 2 aliphatic heterocycles. The second-order valence-electron chi connectivity index (χ2n) is 8.09. The van der Waals surface area contributed by atoms with Gasteiger partial charge < -0.3 is 18.9 Å². The topological polar surface area (TPSA) is 117 Å². The maximum Gasteiger partial charge on any atom is 0.356 e. The van der Waals surface area contributed by atoms with Crippen molar-refractivity contribution in [1.82, 2.24) is 4.90 Å². The van der Waals surface area contributed by atoms with E-state index in [0.717, 1.165) is 10.5 Å². The summed E-state index contributed by atoms with van der Waals surface area (Å²) in [4.78, 5) is 39.6. The first-order chi connectivity index (χ1) is 14.5. The lowest BCUT2D eigenvalue weighted by molar-refractivity contribution is -0.185. The van der Waals surface area contributed by atoms with Crippen LogP contribution in [0.25, 0.3) is 0 Å². The van der Waals surface area contributed by atoms with Crippen LogP contribution in [0.5, 0.6) is 5.75 Å². The Balaban J connectivity index is 1.86. The van der Waals surface area contributed by atoms with Gasteiger partial charge in [-0.05, 0) is 38.5 Å². The molecule has 2 aliphatic rings. The van der Waals surface area contributed by atoms with Gasteiger partial charge in [0.1, 0.15) is 29.0 Å². The number of carbonyl (C=O) groups is 3.